The summed E-state index contributed by atoms with van der Waals surface area (Å²) >= 11 is 5.78. The van der Waals surface area contributed by atoms with Crippen molar-refractivity contribution in [3.63, 3.8) is 0 Å². The summed E-state index contributed by atoms with van der Waals surface area (Å²) in [5.41, 5.74) is 5.70. The van der Waals surface area contributed by atoms with E-state index in [2.05, 4.69) is 0 Å². The highest BCUT2D eigenvalue weighted by atomic mass is 35.5. The molecule has 0 saturated carbocycles. The molecule has 5 nitrogen and oxygen atoms in total. The molecular formula is C10H11ClN2O3. The lowest BCUT2D eigenvalue weighted by Crippen LogP contribution is -2.30. The van der Waals surface area contributed by atoms with Gasteiger partial charge in [0.15, 0.2) is 0 Å². The average molecular weight is 243 g/mol. The van der Waals surface area contributed by atoms with E-state index in [1.807, 2.05) is 0 Å². The Morgan fingerprint density at radius 1 is 1.50 bits per heavy atom. The van der Waals surface area contributed by atoms with E-state index >= 15 is 0 Å². The zero-order valence-electron chi connectivity index (χ0n) is 8.61. The summed E-state index contributed by atoms with van der Waals surface area (Å²) in [6, 6.07) is 4.43. The van der Waals surface area contributed by atoms with Crippen molar-refractivity contribution in [3.05, 3.63) is 28.8 Å². The maximum Gasteiger partial charge on any atom is 0.337 e. The number of carbonyl (C=O) groups is 2. The molecule has 0 aliphatic carbocycles. The Morgan fingerprint density at radius 2 is 2.12 bits per heavy atom. The van der Waals surface area contributed by atoms with Crippen molar-refractivity contribution >= 4 is 29.2 Å². The molecule has 1 amide bonds. The van der Waals surface area contributed by atoms with Crippen molar-refractivity contribution in [2.24, 2.45) is 5.73 Å². The molecule has 0 unspecified atom stereocenters. The van der Waals surface area contributed by atoms with Gasteiger partial charge in [-0.25, -0.2) is 4.79 Å². The van der Waals surface area contributed by atoms with Crippen LogP contribution < -0.4 is 10.6 Å². The Morgan fingerprint density at radius 3 is 2.56 bits per heavy atom. The minimum atomic E-state index is -1.09. The summed E-state index contributed by atoms with van der Waals surface area (Å²) in [6.45, 7) is 0.0444. The van der Waals surface area contributed by atoms with E-state index in [1.54, 1.807) is 18.0 Å². The molecule has 1 aromatic carbocycles. The number of primary amides is 1. The Kier molecular flexibility index (Phi) is 3.73. The van der Waals surface area contributed by atoms with Crippen LogP contribution in [0.1, 0.15) is 10.4 Å². The van der Waals surface area contributed by atoms with Crippen molar-refractivity contribution in [2.45, 2.75) is 0 Å². The first-order chi connectivity index (χ1) is 7.41. The maximum absolute atomic E-state index is 10.7. The van der Waals surface area contributed by atoms with Crippen LogP contribution in [-0.2, 0) is 4.79 Å². The normalized spacial score (nSPS) is 9.88. The van der Waals surface area contributed by atoms with Gasteiger partial charge in [-0.2, -0.15) is 0 Å². The van der Waals surface area contributed by atoms with E-state index in [4.69, 9.17) is 22.4 Å². The van der Waals surface area contributed by atoms with Crippen LogP contribution in [0.2, 0.25) is 5.02 Å². The highest BCUT2D eigenvalue weighted by molar-refractivity contribution is 6.33. The number of carbonyl (C=O) groups excluding carboxylic acids is 1. The van der Waals surface area contributed by atoms with Gasteiger partial charge >= 0.3 is 5.97 Å². The van der Waals surface area contributed by atoms with E-state index in [0.29, 0.717) is 5.69 Å². The van der Waals surface area contributed by atoms with Crippen molar-refractivity contribution in [3.8, 4) is 0 Å². The fraction of sp³-hybridized carbons (Fsp3) is 0.200. The Balaban J connectivity index is 2.96. The molecular weight excluding hydrogens is 232 g/mol. The van der Waals surface area contributed by atoms with Gasteiger partial charge in [0, 0.05) is 12.7 Å². The van der Waals surface area contributed by atoms with Crippen molar-refractivity contribution in [1.29, 1.82) is 0 Å². The minimum absolute atomic E-state index is 0.0258. The molecule has 1 rings (SSSR count). The molecule has 86 valence electrons. The van der Waals surface area contributed by atoms with Gasteiger partial charge < -0.3 is 15.7 Å². The molecule has 6 heteroatoms. The first kappa shape index (κ1) is 12.3. The molecule has 0 aliphatic heterocycles. The molecule has 0 heterocycles. The van der Waals surface area contributed by atoms with Crippen LogP contribution in [0, 0.1) is 0 Å². The van der Waals surface area contributed by atoms with Crippen LogP contribution in [0.4, 0.5) is 5.69 Å². The quantitative estimate of drug-likeness (QED) is 0.824. The number of nitrogens with two attached hydrogens (primary N) is 1. The second-order valence-electron chi connectivity index (χ2n) is 3.29. The topological polar surface area (TPSA) is 83.6 Å². The number of carboxylic acids is 1. The lowest BCUT2D eigenvalue weighted by molar-refractivity contribution is -0.116. The van der Waals surface area contributed by atoms with Gasteiger partial charge in [-0.3, -0.25) is 4.79 Å². The van der Waals surface area contributed by atoms with E-state index in [1.165, 1.54) is 12.1 Å². The van der Waals surface area contributed by atoms with Crippen molar-refractivity contribution in [1.82, 2.24) is 0 Å². The largest absolute Gasteiger partial charge is 0.478 e. The average Bonchev–Trinajstić information content (AvgIpc) is 2.15. The number of carboxylic acid groups (broad SMARTS) is 1. The summed E-state index contributed by atoms with van der Waals surface area (Å²) in [4.78, 5) is 23.0. The van der Waals surface area contributed by atoms with Gasteiger partial charge in [0.1, 0.15) is 0 Å². The number of amides is 1. The molecule has 0 fully saturated rings. The van der Waals surface area contributed by atoms with Gasteiger partial charge in [0.25, 0.3) is 0 Å². The second kappa shape index (κ2) is 4.85. The van der Waals surface area contributed by atoms with E-state index in [0.717, 1.165) is 0 Å². The summed E-state index contributed by atoms with van der Waals surface area (Å²) < 4.78 is 0. The lowest BCUT2D eigenvalue weighted by atomic mass is 10.2. The lowest BCUT2D eigenvalue weighted by Gasteiger charge is -2.17. The Labute approximate surface area is 97.4 Å². The Hall–Kier alpha value is -1.75. The van der Waals surface area contributed by atoms with E-state index < -0.39 is 11.9 Å². The maximum atomic E-state index is 10.7. The molecule has 0 aliphatic rings. The zero-order valence-corrected chi connectivity index (χ0v) is 9.36. The summed E-state index contributed by atoms with van der Waals surface area (Å²) in [5, 5.41) is 8.89. The fourth-order valence-corrected chi connectivity index (χ4v) is 1.50. The number of hydrogen-bond donors (Lipinski definition) is 2. The fourth-order valence-electron chi connectivity index (χ4n) is 1.24. The third kappa shape index (κ3) is 2.87. The van der Waals surface area contributed by atoms with Crippen LogP contribution >= 0.6 is 11.6 Å². The van der Waals surface area contributed by atoms with Crippen LogP contribution in [-0.4, -0.2) is 30.6 Å². The number of likely N-dealkylation sites (N-methyl/N-ethyl adjacent to an activating group) is 1. The molecule has 0 spiro atoms. The molecule has 0 radical (unpaired) electrons. The van der Waals surface area contributed by atoms with E-state index in [-0.39, 0.29) is 17.1 Å². The number of halogens is 1. The predicted octanol–water partition coefficient (Wildman–Crippen LogP) is 0.960. The molecule has 0 bridgehead atoms. The van der Waals surface area contributed by atoms with Crippen molar-refractivity contribution in [2.75, 3.05) is 18.5 Å². The van der Waals surface area contributed by atoms with Gasteiger partial charge in [0.05, 0.1) is 17.1 Å². The highest BCUT2D eigenvalue weighted by Crippen LogP contribution is 2.22. The van der Waals surface area contributed by atoms with E-state index in [9.17, 15) is 9.59 Å². The number of rotatable bonds is 4. The zero-order chi connectivity index (χ0) is 12.3. The number of aromatic carboxylic acids is 1. The standard InChI is InChI=1S/C10H11ClN2O3/c1-13(5-9(12)14)6-2-3-7(10(15)16)8(11)4-6/h2-4H,5H2,1H3,(H2,12,14)(H,15,16). The first-order valence-corrected chi connectivity index (χ1v) is 4.82. The third-order valence-corrected chi connectivity index (χ3v) is 2.33. The van der Waals surface area contributed by atoms with Gasteiger partial charge in [-0.15, -0.1) is 0 Å². The Bertz CT molecular complexity index is 434. The minimum Gasteiger partial charge on any atom is -0.478 e. The van der Waals surface area contributed by atoms with Crippen LogP contribution in [0.25, 0.3) is 0 Å². The predicted molar refractivity (Wildman–Crippen MR) is 60.9 cm³/mol. The molecule has 0 aromatic heterocycles. The second-order valence-corrected chi connectivity index (χ2v) is 3.70. The summed E-state index contributed by atoms with van der Waals surface area (Å²) in [6.07, 6.45) is 0. The first-order valence-electron chi connectivity index (χ1n) is 4.44. The monoisotopic (exact) mass is 242 g/mol. The molecule has 1 aromatic rings. The molecule has 0 saturated heterocycles. The van der Waals surface area contributed by atoms with Crippen LogP contribution in [0.5, 0.6) is 0 Å². The highest BCUT2D eigenvalue weighted by Gasteiger charge is 2.11. The van der Waals surface area contributed by atoms with Gasteiger partial charge in [0.2, 0.25) is 5.91 Å². The molecule has 16 heavy (non-hydrogen) atoms. The van der Waals surface area contributed by atoms with Crippen LogP contribution in [0.3, 0.4) is 0 Å². The van der Waals surface area contributed by atoms with Gasteiger partial charge in [-0.05, 0) is 18.2 Å². The number of nitrogens with zero attached hydrogens (tertiary/aromatic N) is 1. The number of benzene rings is 1. The smallest absolute Gasteiger partial charge is 0.337 e. The SMILES string of the molecule is CN(CC(N)=O)c1ccc(C(=O)O)c(Cl)c1. The summed E-state index contributed by atoms with van der Waals surface area (Å²) in [7, 11) is 1.66. The van der Waals surface area contributed by atoms with Gasteiger partial charge in [-0.1, -0.05) is 11.6 Å². The van der Waals surface area contributed by atoms with Crippen LogP contribution in [0.15, 0.2) is 18.2 Å². The van der Waals surface area contributed by atoms with Crippen molar-refractivity contribution < 1.29 is 14.7 Å². The number of anilines is 1. The number of hydrogen-bond acceptors (Lipinski definition) is 3. The molecule has 3 N–H and O–H groups in total. The third-order valence-electron chi connectivity index (χ3n) is 2.02. The molecule has 0 atom stereocenters. The summed E-state index contributed by atoms with van der Waals surface area (Å²) in [5.74, 6) is -1.56.